The summed E-state index contributed by atoms with van der Waals surface area (Å²) >= 11 is 1.41. The fraction of sp³-hybridized carbons (Fsp3) is 0.0769. The Morgan fingerprint density at radius 1 is 1.39 bits per heavy atom. The Kier molecular flexibility index (Phi) is 2.32. The summed E-state index contributed by atoms with van der Waals surface area (Å²) in [6.07, 6.45) is 1.70. The van der Waals surface area contributed by atoms with Gasteiger partial charge in [0.05, 0.1) is 20.8 Å². The highest BCUT2D eigenvalue weighted by Crippen LogP contribution is 2.41. The van der Waals surface area contributed by atoms with Crippen LogP contribution >= 0.6 is 11.3 Å². The lowest BCUT2D eigenvalue weighted by atomic mass is 10.1. The van der Waals surface area contributed by atoms with Crippen molar-refractivity contribution >= 4 is 21.4 Å². The molecule has 0 aliphatic heterocycles. The number of rotatable bonds is 1. The molecule has 0 unspecified atom stereocenters. The zero-order valence-corrected chi connectivity index (χ0v) is 10.4. The van der Waals surface area contributed by atoms with E-state index in [1.807, 2.05) is 19.2 Å². The van der Waals surface area contributed by atoms with E-state index in [9.17, 15) is 10.4 Å². The highest BCUT2D eigenvalue weighted by Gasteiger charge is 2.17. The molecule has 3 rings (SSSR count). The Morgan fingerprint density at radius 2 is 2.22 bits per heavy atom. The van der Waals surface area contributed by atoms with E-state index in [2.05, 4.69) is 11.2 Å². The summed E-state index contributed by atoms with van der Waals surface area (Å²) in [5, 5.41) is 24.1. The molecule has 0 amide bonds. The van der Waals surface area contributed by atoms with Crippen molar-refractivity contribution in [2.75, 3.05) is 0 Å². The third-order valence-corrected chi connectivity index (χ3v) is 4.11. The molecule has 0 saturated carbocycles. The van der Waals surface area contributed by atoms with Crippen LogP contribution in [-0.2, 0) is 7.05 Å². The van der Waals surface area contributed by atoms with E-state index < -0.39 is 0 Å². The fourth-order valence-electron chi connectivity index (χ4n) is 1.99. The minimum Gasteiger partial charge on any atom is -0.506 e. The minimum absolute atomic E-state index is 0.211. The van der Waals surface area contributed by atoms with Crippen LogP contribution in [-0.4, -0.2) is 14.9 Å². The number of fused-ring (bicyclic) bond motifs is 1. The first-order chi connectivity index (χ1) is 8.72. The monoisotopic (exact) mass is 255 g/mol. The average Bonchev–Trinajstić information content (AvgIpc) is 2.92. The standard InChI is InChI=1S/C13H9N3OS/c1-16-10(5-6-15-16)12-9(7-14)8-3-2-4-11(17)13(8)18-12/h2-6,17H,1H3. The molecule has 0 bridgehead atoms. The summed E-state index contributed by atoms with van der Waals surface area (Å²) in [6.45, 7) is 0. The lowest BCUT2D eigenvalue weighted by molar-refractivity contribution is 0.482. The van der Waals surface area contributed by atoms with Crippen molar-refractivity contribution in [1.82, 2.24) is 9.78 Å². The van der Waals surface area contributed by atoms with Gasteiger partial charge in [0.1, 0.15) is 11.8 Å². The van der Waals surface area contributed by atoms with Gasteiger partial charge < -0.3 is 5.11 Å². The van der Waals surface area contributed by atoms with Crippen molar-refractivity contribution in [3.8, 4) is 22.4 Å². The van der Waals surface area contributed by atoms with Crippen LogP contribution in [0.4, 0.5) is 0 Å². The number of nitrogens with zero attached hydrogens (tertiary/aromatic N) is 3. The van der Waals surface area contributed by atoms with E-state index in [0.717, 1.165) is 20.7 Å². The van der Waals surface area contributed by atoms with Crippen LogP contribution < -0.4 is 0 Å². The molecule has 1 aromatic carbocycles. The maximum atomic E-state index is 9.85. The lowest BCUT2D eigenvalue weighted by Crippen LogP contribution is -1.92. The topological polar surface area (TPSA) is 61.8 Å². The van der Waals surface area contributed by atoms with Crippen LogP contribution in [0.2, 0.25) is 0 Å². The number of hydrogen-bond acceptors (Lipinski definition) is 4. The zero-order chi connectivity index (χ0) is 12.7. The van der Waals surface area contributed by atoms with Gasteiger partial charge in [-0.3, -0.25) is 4.68 Å². The maximum Gasteiger partial charge on any atom is 0.133 e. The second-order valence-corrected chi connectivity index (χ2v) is 4.93. The number of aromatic nitrogens is 2. The van der Waals surface area contributed by atoms with Gasteiger partial charge in [-0.1, -0.05) is 12.1 Å². The number of phenols is 1. The molecular weight excluding hydrogens is 246 g/mol. The molecule has 0 aliphatic carbocycles. The first kappa shape index (κ1) is 10.8. The van der Waals surface area contributed by atoms with Crippen molar-refractivity contribution in [2.24, 2.45) is 7.05 Å². The van der Waals surface area contributed by atoms with E-state index in [1.54, 1.807) is 23.0 Å². The summed E-state index contributed by atoms with van der Waals surface area (Å²) in [5.41, 5.74) is 1.47. The molecule has 1 N–H and O–H groups in total. The molecule has 0 atom stereocenters. The first-order valence-electron chi connectivity index (χ1n) is 5.35. The summed E-state index contributed by atoms with van der Waals surface area (Å²) in [4.78, 5) is 0.842. The van der Waals surface area contributed by atoms with Crippen LogP contribution in [0.25, 0.3) is 20.7 Å². The Balaban J connectivity index is 2.41. The van der Waals surface area contributed by atoms with E-state index >= 15 is 0 Å². The largest absolute Gasteiger partial charge is 0.506 e. The van der Waals surface area contributed by atoms with Crippen LogP contribution in [0, 0.1) is 11.3 Å². The van der Waals surface area contributed by atoms with Gasteiger partial charge in [0.2, 0.25) is 0 Å². The van der Waals surface area contributed by atoms with E-state index in [-0.39, 0.29) is 5.75 Å². The number of phenolic OH excluding ortho intramolecular Hbond substituents is 1. The number of aryl methyl sites for hydroxylation is 1. The molecule has 0 saturated heterocycles. The van der Waals surface area contributed by atoms with Crippen molar-refractivity contribution in [2.45, 2.75) is 0 Å². The Morgan fingerprint density at radius 3 is 2.89 bits per heavy atom. The Bertz CT molecular complexity index is 779. The number of aromatic hydroxyl groups is 1. The second kappa shape index (κ2) is 3.86. The molecule has 0 radical (unpaired) electrons. The summed E-state index contributed by atoms with van der Waals surface area (Å²) in [7, 11) is 1.83. The van der Waals surface area contributed by atoms with E-state index in [0.29, 0.717) is 5.56 Å². The van der Waals surface area contributed by atoms with Gasteiger partial charge in [-0.25, -0.2) is 0 Å². The molecule has 88 valence electrons. The molecule has 5 heteroatoms. The Labute approximate surface area is 107 Å². The first-order valence-corrected chi connectivity index (χ1v) is 6.17. The number of thiophene rings is 1. The molecule has 0 spiro atoms. The highest BCUT2D eigenvalue weighted by molar-refractivity contribution is 7.23. The molecule has 2 aromatic heterocycles. The van der Waals surface area contributed by atoms with Crippen molar-refractivity contribution < 1.29 is 5.11 Å². The van der Waals surface area contributed by atoms with Crippen molar-refractivity contribution in [3.63, 3.8) is 0 Å². The smallest absolute Gasteiger partial charge is 0.133 e. The van der Waals surface area contributed by atoms with Crippen LogP contribution in [0.1, 0.15) is 5.56 Å². The number of benzene rings is 1. The minimum atomic E-state index is 0.211. The van der Waals surface area contributed by atoms with Gasteiger partial charge in [-0.15, -0.1) is 11.3 Å². The molecule has 0 aliphatic rings. The maximum absolute atomic E-state index is 9.85. The number of nitriles is 1. The van der Waals surface area contributed by atoms with Crippen LogP contribution in [0.3, 0.4) is 0 Å². The second-order valence-electron chi connectivity index (χ2n) is 3.91. The average molecular weight is 255 g/mol. The van der Waals surface area contributed by atoms with Crippen LogP contribution in [0.15, 0.2) is 30.5 Å². The lowest BCUT2D eigenvalue weighted by Gasteiger charge is -1.98. The van der Waals surface area contributed by atoms with E-state index in [1.165, 1.54) is 11.3 Å². The third-order valence-electron chi connectivity index (χ3n) is 2.86. The van der Waals surface area contributed by atoms with Gasteiger partial charge in [-0.05, 0) is 12.1 Å². The van der Waals surface area contributed by atoms with Crippen molar-refractivity contribution in [3.05, 3.63) is 36.0 Å². The van der Waals surface area contributed by atoms with E-state index in [4.69, 9.17) is 0 Å². The third kappa shape index (κ3) is 1.40. The van der Waals surface area contributed by atoms with Crippen LogP contribution in [0.5, 0.6) is 5.75 Å². The van der Waals surface area contributed by atoms with Gasteiger partial charge in [0, 0.05) is 18.6 Å². The molecule has 18 heavy (non-hydrogen) atoms. The van der Waals surface area contributed by atoms with Gasteiger partial charge in [0.15, 0.2) is 0 Å². The van der Waals surface area contributed by atoms with Gasteiger partial charge >= 0.3 is 0 Å². The SMILES string of the molecule is Cn1nccc1-c1sc2c(O)cccc2c1C#N. The summed E-state index contributed by atoms with van der Waals surface area (Å²) in [6, 6.07) is 9.31. The molecular formula is C13H9N3OS. The van der Waals surface area contributed by atoms with Gasteiger partial charge in [0.25, 0.3) is 0 Å². The molecule has 4 nitrogen and oxygen atoms in total. The van der Waals surface area contributed by atoms with Gasteiger partial charge in [-0.2, -0.15) is 10.4 Å². The summed E-state index contributed by atoms with van der Waals surface area (Å²) < 4.78 is 2.47. The molecule has 0 fully saturated rings. The zero-order valence-electron chi connectivity index (χ0n) is 9.58. The molecule has 3 aromatic rings. The molecule has 2 heterocycles. The summed E-state index contributed by atoms with van der Waals surface area (Å²) in [5.74, 6) is 0.211. The Hall–Kier alpha value is -2.32. The quantitative estimate of drug-likeness (QED) is 0.727. The normalized spacial score (nSPS) is 10.7. The fourth-order valence-corrected chi connectivity index (χ4v) is 3.21. The predicted molar refractivity (Wildman–Crippen MR) is 70.4 cm³/mol. The van der Waals surface area contributed by atoms with Crippen molar-refractivity contribution in [1.29, 1.82) is 5.26 Å². The predicted octanol–water partition coefficient (Wildman–Crippen LogP) is 2.88. The number of hydrogen-bond donors (Lipinski definition) is 1. The highest BCUT2D eigenvalue weighted by atomic mass is 32.1.